The summed E-state index contributed by atoms with van der Waals surface area (Å²) in [6.07, 6.45) is 2.60. The van der Waals surface area contributed by atoms with Gasteiger partial charge in [0, 0.05) is 17.6 Å². The van der Waals surface area contributed by atoms with Crippen molar-refractivity contribution in [1.82, 2.24) is 5.32 Å². The van der Waals surface area contributed by atoms with E-state index in [1.807, 2.05) is 18.4 Å². The van der Waals surface area contributed by atoms with E-state index >= 15 is 0 Å². The molecule has 18 heavy (non-hydrogen) atoms. The molecule has 0 aliphatic heterocycles. The minimum Gasteiger partial charge on any atom is -0.478 e. The van der Waals surface area contributed by atoms with Crippen molar-refractivity contribution in [1.29, 1.82) is 0 Å². The standard InChI is InChI=1S/C12H15NO4S/c1-2-17-7-11(14)13-6-10-5-9(8-18-10)3-4-12(15)16/h3-5,8H,2,6-7H2,1H3,(H,13,14)(H,15,16). The molecule has 0 fully saturated rings. The normalized spacial score (nSPS) is 10.7. The van der Waals surface area contributed by atoms with Gasteiger partial charge in [-0.15, -0.1) is 11.3 Å². The molecule has 0 bridgehead atoms. The Hall–Kier alpha value is -1.66. The lowest BCUT2D eigenvalue weighted by Crippen LogP contribution is -2.26. The molecule has 1 heterocycles. The van der Waals surface area contributed by atoms with Gasteiger partial charge in [0.1, 0.15) is 6.61 Å². The van der Waals surface area contributed by atoms with Gasteiger partial charge in [0.15, 0.2) is 0 Å². The number of nitrogens with one attached hydrogen (secondary N) is 1. The molecule has 2 N–H and O–H groups in total. The van der Waals surface area contributed by atoms with E-state index in [9.17, 15) is 9.59 Å². The highest BCUT2D eigenvalue weighted by atomic mass is 32.1. The van der Waals surface area contributed by atoms with E-state index in [1.54, 1.807) is 0 Å². The fourth-order valence-corrected chi connectivity index (χ4v) is 1.97. The van der Waals surface area contributed by atoms with Gasteiger partial charge in [-0.3, -0.25) is 4.79 Å². The first kappa shape index (κ1) is 14.4. The van der Waals surface area contributed by atoms with Gasteiger partial charge in [-0.05, 0) is 30.0 Å². The molecule has 1 aromatic rings. The second-order valence-electron chi connectivity index (χ2n) is 3.43. The molecule has 5 nitrogen and oxygen atoms in total. The number of carbonyl (C=O) groups excluding carboxylic acids is 1. The van der Waals surface area contributed by atoms with Crippen LogP contribution in [0.3, 0.4) is 0 Å². The lowest BCUT2D eigenvalue weighted by atomic mass is 10.3. The Labute approximate surface area is 109 Å². The van der Waals surface area contributed by atoms with Crippen molar-refractivity contribution in [2.75, 3.05) is 13.2 Å². The quantitative estimate of drug-likeness (QED) is 0.735. The van der Waals surface area contributed by atoms with Crippen molar-refractivity contribution >= 4 is 29.3 Å². The molecule has 0 unspecified atom stereocenters. The van der Waals surface area contributed by atoms with Crippen LogP contribution in [0.2, 0.25) is 0 Å². The minimum absolute atomic E-state index is 0.0631. The first-order chi connectivity index (χ1) is 8.61. The molecule has 0 atom stereocenters. The van der Waals surface area contributed by atoms with Gasteiger partial charge in [0.25, 0.3) is 0 Å². The number of amides is 1. The number of carboxylic acids is 1. The topological polar surface area (TPSA) is 75.6 Å². The van der Waals surface area contributed by atoms with E-state index in [0.717, 1.165) is 16.5 Å². The summed E-state index contributed by atoms with van der Waals surface area (Å²) in [5, 5.41) is 13.0. The Morgan fingerprint density at radius 1 is 1.56 bits per heavy atom. The maximum atomic E-state index is 11.3. The largest absolute Gasteiger partial charge is 0.478 e. The summed E-state index contributed by atoms with van der Waals surface area (Å²) in [4.78, 5) is 22.6. The van der Waals surface area contributed by atoms with Gasteiger partial charge in [-0.2, -0.15) is 0 Å². The fourth-order valence-electron chi connectivity index (χ4n) is 1.18. The average molecular weight is 269 g/mol. The van der Waals surface area contributed by atoms with Crippen LogP contribution in [-0.4, -0.2) is 30.2 Å². The van der Waals surface area contributed by atoms with Crippen LogP contribution in [-0.2, 0) is 20.9 Å². The third kappa shape index (κ3) is 5.60. The van der Waals surface area contributed by atoms with E-state index in [2.05, 4.69) is 5.32 Å². The number of aliphatic carboxylic acids is 1. The average Bonchev–Trinajstić information content (AvgIpc) is 2.79. The number of hydrogen-bond acceptors (Lipinski definition) is 4. The molecular weight excluding hydrogens is 254 g/mol. The van der Waals surface area contributed by atoms with Crippen molar-refractivity contribution in [3.8, 4) is 0 Å². The van der Waals surface area contributed by atoms with Crippen molar-refractivity contribution in [2.24, 2.45) is 0 Å². The Morgan fingerprint density at radius 3 is 3.00 bits per heavy atom. The fraction of sp³-hybridized carbons (Fsp3) is 0.333. The molecule has 0 aromatic carbocycles. The van der Waals surface area contributed by atoms with Crippen molar-refractivity contribution < 1.29 is 19.4 Å². The first-order valence-corrected chi connectivity index (χ1v) is 6.32. The Balaban J connectivity index is 2.39. The summed E-state index contributed by atoms with van der Waals surface area (Å²) in [5.74, 6) is -1.14. The molecular formula is C12H15NO4S. The predicted octanol–water partition coefficient (Wildman–Crippen LogP) is 1.50. The van der Waals surface area contributed by atoms with Gasteiger partial charge in [-0.25, -0.2) is 4.79 Å². The van der Waals surface area contributed by atoms with Crippen LogP contribution in [0.4, 0.5) is 0 Å². The molecule has 0 aliphatic carbocycles. The van der Waals surface area contributed by atoms with E-state index in [0.29, 0.717) is 13.2 Å². The minimum atomic E-state index is -0.979. The lowest BCUT2D eigenvalue weighted by molar-refractivity contribution is -0.131. The zero-order chi connectivity index (χ0) is 13.4. The Bertz CT molecular complexity index is 439. The molecule has 6 heteroatoms. The number of carboxylic acid groups (broad SMARTS) is 1. The second-order valence-corrected chi connectivity index (χ2v) is 4.43. The van der Waals surface area contributed by atoms with Crippen LogP contribution in [0.1, 0.15) is 17.4 Å². The molecule has 1 aromatic heterocycles. The smallest absolute Gasteiger partial charge is 0.328 e. The predicted molar refractivity (Wildman–Crippen MR) is 69.3 cm³/mol. The molecule has 98 valence electrons. The SMILES string of the molecule is CCOCC(=O)NCc1cc(C=CC(=O)O)cs1. The van der Waals surface area contributed by atoms with E-state index in [1.165, 1.54) is 17.4 Å². The van der Waals surface area contributed by atoms with Crippen LogP contribution in [0.15, 0.2) is 17.5 Å². The maximum Gasteiger partial charge on any atom is 0.328 e. The summed E-state index contributed by atoms with van der Waals surface area (Å²) < 4.78 is 4.97. The summed E-state index contributed by atoms with van der Waals surface area (Å²) in [7, 11) is 0. The van der Waals surface area contributed by atoms with Crippen molar-refractivity contribution in [2.45, 2.75) is 13.5 Å². The highest BCUT2D eigenvalue weighted by Crippen LogP contribution is 2.15. The number of ether oxygens (including phenoxy) is 1. The van der Waals surface area contributed by atoms with Gasteiger partial charge < -0.3 is 15.2 Å². The summed E-state index contributed by atoms with van der Waals surface area (Å²) in [6.45, 7) is 2.83. The monoisotopic (exact) mass is 269 g/mol. The van der Waals surface area contributed by atoms with Crippen LogP contribution in [0.5, 0.6) is 0 Å². The molecule has 0 saturated heterocycles. The Morgan fingerprint density at radius 2 is 2.33 bits per heavy atom. The van der Waals surface area contributed by atoms with Crippen LogP contribution < -0.4 is 5.32 Å². The van der Waals surface area contributed by atoms with Gasteiger partial charge in [0.05, 0.1) is 6.54 Å². The van der Waals surface area contributed by atoms with Gasteiger partial charge in [0.2, 0.25) is 5.91 Å². The maximum absolute atomic E-state index is 11.3. The van der Waals surface area contributed by atoms with Gasteiger partial charge >= 0.3 is 5.97 Å². The van der Waals surface area contributed by atoms with E-state index in [-0.39, 0.29) is 12.5 Å². The van der Waals surface area contributed by atoms with Crippen LogP contribution in [0, 0.1) is 0 Å². The highest BCUT2D eigenvalue weighted by Gasteiger charge is 2.02. The third-order valence-corrected chi connectivity index (χ3v) is 2.94. The molecule has 1 rings (SSSR count). The summed E-state index contributed by atoms with van der Waals surface area (Å²) in [6, 6.07) is 1.84. The molecule has 0 radical (unpaired) electrons. The number of thiophene rings is 1. The van der Waals surface area contributed by atoms with Crippen molar-refractivity contribution in [3.05, 3.63) is 28.0 Å². The summed E-state index contributed by atoms with van der Waals surface area (Å²) >= 11 is 1.47. The Kier molecular flexibility index (Phi) is 6.10. The molecule has 0 saturated carbocycles. The zero-order valence-electron chi connectivity index (χ0n) is 10.0. The number of hydrogen-bond donors (Lipinski definition) is 2. The van der Waals surface area contributed by atoms with Gasteiger partial charge in [-0.1, -0.05) is 0 Å². The number of rotatable bonds is 7. The van der Waals surface area contributed by atoms with E-state index in [4.69, 9.17) is 9.84 Å². The molecule has 1 amide bonds. The molecule has 0 spiro atoms. The highest BCUT2D eigenvalue weighted by molar-refractivity contribution is 7.10. The van der Waals surface area contributed by atoms with Crippen LogP contribution in [0.25, 0.3) is 6.08 Å². The summed E-state index contributed by atoms with van der Waals surface area (Å²) in [5.41, 5.74) is 0.816. The molecule has 0 aliphatic rings. The zero-order valence-corrected chi connectivity index (χ0v) is 10.8. The number of carbonyl (C=O) groups is 2. The second kappa shape index (κ2) is 7.62. The van der Waals surface area contributed by atoms with E-state index < -0.39 is 5.97 Å². The third-order valence-electron chi connectivity index (χ3n) is 1.99. The first-order valence-electron chi connectivity index (χ1n) is 5.44. The van der Waals surface area contributed by atoms with Crippen molar-refractivity contribution in [3.63, 3.8) is 0 Å². The van der Waals surface area contributed by atoms with Crippen LogP contribution >= 0.6 is 11.3 Å². The lowest BCUT2D eigenvalue weighted by Gasteiger charge is -2.02.